The van der Waals surface area contributed by atoms with Crippen LogP contribution in [-0.4, -0.2) is 23.8 Å². The third-order valence-electron chi connectivity index (χ3n) is 6.65. The van der Waals surface area contributed by atoms with E-state index in [-0.39, 0.29) is 6.42 Å². The summed E-state index contributed by atoms with van der Waals surface area (Å²) >= 11 is 0. The zero-order valence-electron chi connectivity index (χ0n) is 15.0. The number of carboxylic acid groups (broad SMARTS) is 1. The average molecular weight is 335 g/mol. The predicted octanol–water partition coefficient (Wildman–Crippen LogP) is 5.20. The van der Waals surface area contributed by atoms with Gasteiger partial charge in [-0.25, -0.2) is 0 Å². The molecular weight excluding hydrogens is 300 g/mol. The van der Waals surface area contributed by atoms with Gasteiger partial charge in [0.1, 0.15) is 0 Å². The number of carbonyl (C=O) groups is 1. The van der Waals surface area contributed by atoms with Gasteiger partial charge in [0.05, 0.1) is 6.10 Å². The maximum Gasteiger partial charge on any atom is 0.303 e. The summed E-state index contributed by atoms with van der Waals surface area (Å²) in [6.45, 7) is 0.970. The smallest absolute Gasteiger partial charge is 0.303 e. The molecule has 0 aromatic rings. The molecule has 0 unspecified atom stereocenters. The fourth-order valence-electron chi connectivity index (χ4n) is 5.36. The van der Waals surface area contributed by atoms with Crippen molar-refractivity contribution >= 4 is 5.97 Å². The molecule has 0 saturated heterocycles. The molecule has 3 nitrogen and oxygen atoms in total. The fraction of sp³-hybridized carbons (Fsp3) is 0.857. The van der Waals surface area contributed by atoms with Gasteiger partial charge >= 0.3 is 5.97 Å². The molecule has 24 heavy (non-hydrogen) atoms. The highest BCUT2D eigenvalue weighted by atomic mass is 16.5. The molecule has 3 aliphatic carbocycles. The van der Waals surface area contributed by atoms with Gasteiger partial charge in [-0.2, -0.15) is 0 Å². The van der Waals surface area contributed by atoms with Crippen LogP contribution in [0.3, 0.4) is 0 Å². The van der Waals surface area contributed by atoms with E-state index in [1.54, 1.807) is 0 Å². The maximum atomic E-state index is 10.5. The van der Waals surface area contributed by atoms with Crippen molar-refractivity contribution in [2.24, 2.45) is 23.7 Å². The fourth-order valence-corrected chi connectivity index (χ4v) is 5.36. The van der Waals surface area contributed by atoms with Crippen LogP contribution in [0.1, 0.15) is 77.0 Å². The lowest BCUT2D eigenvalue weighted by Gasteiger charge is -2.31. The van der Waals surface area contributed by atoms with Crippen LogP contribution in [0.25, 0.3) is 0 Å². The Labute approximate surface area is 146 Å². The molecule has 0 heterocycles. The number of rotatable bonds is 10. The first-order valence-corrected chi connectivity index (χ1v) is 10.2. The van der Waals surface area contributed by atoms with Crippen molar-refractivity contribution in [2.45, 2.75) is 83.2 Å². The quantitative estimate of drug-likeness (QED) is 0.441. The normalized spacial score (nSPS) is 33.0. The number of ether oxygens (including phenoxy) is 1. The van der Waals surface area contributed by atoms with Gasteiger partial charge in [-0.3, -0.25) is 4.79 Å². The summed E-state index contributed by atoms with van der Waals surface area (Å²) in [6.07, 6.45) is 19.1. The third kappa shape index (κ3) is 4.84. The van der Waals surface area contributed by atoms with Gasteiger partial charge in [0.2, 0.25) is 0 Å². The first-order valence-electron chi connectivity index (χ1n) is 10.2. The van der Waals surface area contributed by atoms with Crippen LogP contribution in [0.15, 0.2) is 12.2 Å². The Bertz CT molecular complexity index is 425. The Hall–Kier alpha value is -0.830. The second-order valence-corrected chi connectivity index (χ2v) is 8.26. The van der Waals surface area contributed by atoms with E-state index in [0.29, 0.717) is 12.0 Å². The lowest BCUT2D eigenvalue weighted by molar-refractivity contribution is -0.137. The van der Waals surface area contributed by atoms with E-state index in [0.717, 1.165) is 43.6 Å². The molecule has 2 bridgehead atoms. The summed E-state index contributed by atoms with van der Waals surface area (Å²) in [5.74, 6) is 2.63. The standard InChI is InChI=1S/C21H34O3/c22-20(23)10-4-2-1-3-9-19-17-11-12-18(15-17)21(19)24-14-13-16-7-5-6-8-16/h1,3,16-19,21H,2,4-15H2,(H,22,23)/t17-,18+,19-,21+/m0/s1. The molecule has 0 spiro atoms. The maximum absolute atomic E-state index is 10.5. The van der Waals surface area contributed by atoms with Crippen molar-refractivity contribution in [3.8, 4) is 0 Å². The molecule has 3 saturated carbocycles. The van der Waals surface area contributed by atoms with Crippen LogP contribution < -0.4 is 0 Å². The number of carboxylic acids is 1. The lowest BCUT2D eigenvalue weighted by Crippen LogP contribution is -2.30. The van der Waals surface area contributed by atoms with E-state index in [2.05, 4.69) is 12.2 Å². The molecule has 3 aliphatic rings. The molecule has 3 fully saturated rings. The van der Waals surface area contributed by atoms with Crippen molar-refractivity contribution in [1.82, 2.24) is 0 Å². The average Bonchev–Trinajstić information content (AvgIpc) is 3.28. The zero-order chi connectivity index (χ0) is 16.8. The van der Waals surface area contributed by atoms with Crippen LogP contribution in [0, 0.1) is 23.7 Å². The van der Waals surface area contributed by atoms with Gasteiger partial charge in [0, 0.05) is 13.0 Å². The van der Waals surface area contributed by atoms with Gasteiger partial charge in [-0.15, -0.1) is 0 Å². The summed E-state index contributed by atoms with van der Waals surface area (Å²) < 4.78 is 6.41. The van der Waals surface area contributed by atoms with Crippen LogP contribution in [-0.2, 0) is 9.53 Å². The molecule has 3 rings (SSSR count). The van der Waals surface area contributed by atoms with Crippen molar-refractivity contribution < 1.29 is 14.6 Å². The van der Waals surface area contributed by atoms with Gasteiger partial charge in [0.15, 0.2) is 0 Å². The molecule has 0 aromatic heterocycles. The van der Waals surface area contributed by atoms with Gasteiger partial charge in [-0.1, -0.05) is 37.8 Å². The highest BCUT2D eigenvalue weighted by Gasteiger charge is 2.47. The van der Waals surface area contributed by atoms with E-state index in [9.17, 15) is 4.79 Å². The van der Waals surface area contributed by atoms with Gasteiger partial charge in [-0.05, 0) is 68.6 Å². The SMILES string of the molecule is O=C(O)CCCC=CC[C@H]1[C@H]2CC[C@H](C2)[C@H]1OCCC1CCCC1. The molecular formula is C21H34O3. The van der Waals surface area contributed by atoms with E-state index < -0.39 is 5.97 Å². The molecule has 136 valence electrons. The zero-order valence-corrected chi connectivity index (χ0v) is 15.0. The number of unbranched alkanes of at least 4 members (excludes halogenated alkanes) is 1. The van der Waals surface area contributed by atoms with E-state index in [1.807, 2.05) is 0 Å². The van der Waals surface area contributed by atoms with Gasteiger partial charge < -0.3 is 9.84 Å². The monoisotopic (exact) mass is 334 g/mol. The van der Waals surface area contributed by atoms with E-state index in [1.165, 1.54) is 51.4 Å². The molecule has 0 aliphatic heterocycles. The van der Waals surface area contributed by atoms with Crippen LogP contribution in [0.2, 0.25) is 0 Å². The number of fused-ring (bicyclic) bond motifs is 2. The summed E-state index contributed by atoms with van der Waals surface area (Å²) in [5.41, 5.74) is 0. The topological polar surface area (TPSA) is 46.5 Å². The molecule has 1 N–H and O–H groups in total. The van der Waals surface area contributed by atoms with Crippen molar-refractivity contribution in [3.63, 3.8) is 0 Å². The third-order valence-corrected chi connectivity index (χ3v) is 6.65. The predicted molar refractivity (Wildman–Crippen MR) is 95.9 cm³/mol. The van der Waals surface area contributed by atoms with Crippen LogP contribution in [0.5, 0.6) is 0 Å². The first-order chi connectivity index (χ1) is 11.7. The van der Waals surface area contributed by atoms with Crippen molar-refractivity contribution in [2.75, 3.05) is 6.61 Å². The largest absolute Gasteiger partial charge is 0.481 e. The molecule has 0 amide bonds. The summed E-state index contributed by atoms with van der Waals surface area (Å²) in [6, 6.07) is 0. The number of aliphatic carboxylic acids is 1. The first kappa shape index (κ1) is 18.0. The minimum atomic E-state index is -0.688. The van der Waals surface area contributed by atoms with Crippen LogP contribution in [0.4, 0.5) is 0 Å². The highest BCUT2D eigenvalue weighted by Crippen LogP contribution is 2.51. The van der Waals surface area contributed by atoms with E-state index >= 15 is 0 Å². The Morgan fingerprint density at radius 2 is 1.88 bits per heavy atom. The van der Waals surface area contributed by atoms with Crippen LogP contribution >= 0.6 is 0 Å². The lowest BCUT2D eigenvalue weighted by atomic mass is 9.84. The van der Waals surface area contributed by atoms with Crippen molar-refractivity contribution in [1.29, 1.82) is 0 Å². The number of hydrogen-bond acceptors (Lipinski definition) is 2. The van der Waals surface area contributed by atoms with Crippen molar-refractivity contribution in [3.05, 3.63) is 12.2 Å². The molecule has 3 heteroatoms. The Kier molecular flexibility index (Phi) is 6.76. The molecule has 0 radical (unpaired) electrons. The Morgan fingerprint density at radius 3 is 2.67 bits per heavy atom. The minimum Gasteiger partial charge on any atom is -0.481 e. The summed E-state index contributed by atoms with van der Waals surface area (Å²) in [4.78, 5) is 10.5. The Morgan fingerprint density at radius 1 is 1.08 bits per heavy atom. The minimum absolute atomic E-state index is 0.283. The second-order valence-electron chi connectivity index (χ2n) is 8.26. The summed E-state index contributed by atoms with van der Waals surface area (Å²) in [5, 5.41) is 8.67. The number of hydrogen-bond donors (Lipinski definition) is 1. The highest BCUT2D eigenvalue weighted by molar-refractivity contribution is 5.66. The Balaban J connectivity index is 1.39. The second kappa shape index (κ2) is 9.03. The molecule has 4 atom stereocenters. The molecule has 0 aromatic carbocycles. The summed E-state index contributed by atoms with van der Waals surface area (Å²) in [7, 11) is 0. The number of allylic oxidation sites excluding steroid dienone is 2. The van der Waals surface area contributed by atoms with Gasteiger partial charge in [0.25, 0.3) is 0 Å². The van der Waals surface area contributed by atoms with E-state index in [4.69, 9.17) is 9.84 Å².